The Bertz CT molecular complexity index is 438. The van der Waals surface area contributed by atoms with Gasteiger partial charge in [-0.1, -0.05) is 20.3 Å². The van der Waals surface area contributed by atoms with E-state index in [9.17, 15) is 13.2 Å². The second-order valence-corrected chi connectivity index (χ2v) is 9.42. The van der Waals surface area contributed by atoms with E-state index >= 15 is 0 Å². The molecule has 0 radical (unpaired) electrons. The predicted octanol–water partition coefficient (Wildman–Crippen LogP) is 1.48. The number of carbonyl (C=O) groups is 1. The maximum atomic E-state index is 12.6. The smallest absolute Gasteiger partial charge is 0.226 e. The van der Waals surface area contributed by atoms with Gasteiger partial charge in [-0.15, -0.1) is 0 Å². The van der Waals surface area contributed by atoms with E-state index in [1.54, 1.807) is 23.6 Å². The van der Waals surface area contributed by atoms with Crippen LogP contribution in [0.5, 0.6) is 0 Å². The molecular formula is C14H28N2O3S2. The summed E-state index contributed by atoms with van der Waals surface area (Å²) in [6, 6.07) is 0.145. The van der Waals surface area contributed by atoms with Gasteiger partial charge in [0, 0.05) is 35.8 Å². The molecule has 5 nitrogen and oxygen atoms in total. The Balaban J connectivity index is 2.68. The molecule has 1 heterocycles. The molecule has 0 spiro atoms. The Hall–Kier alpha value is -0.270. The fourth-order valence-corrected chi connectivity index (χ4v) is 5.45. The predicted molar refractivity (Wildman–Crippen MR) is 89.0 cm³/mol. The molecule has 3 unspecified atom stereocenters. The van der Waals surface area contributed by atoms with Gasteiger partial charge in [-0.25, -0.2) is 8.42 Å². The molecule has 21 heavy (non-hydrogen) atoms. The van der Waals surface area contributed by atoms with Crippen molar-refractivity contribution in [1.29, 1.82) is 0 Å². The fourth-order valence-electron chi connectivity index (χ4n) is 2.48. The molecule has 3 atom stereocenters. The zero-order valence-electron chi connectivity index (χ0n) is 13.2. The Morgan fingerprint density at radius 2 is 2.05 bits per heavy atom. The molecule has 1 fully saturated rings. The van der Waals surface area contributed by atoms with Crippen LogP contribution in [0.15, 0.2) is 0 Å². The third-order valence-electron chi connectivity index (χ3n) is 3.90. The number of nitrogens with zero attached hydrogens (tertiary/aromatic N) is 1. The molecule has 0 aromatic rings. The van der Waals surface area contributed by atoms with E-state index in [1.807, 2.05) is 13.8 Å². The first kappa shape index (κ1) is 18.8. The number of sulfone groups is 1. The van der Waals surface area contributed by atoms with Crippen LogP contribution >= 0.6 is 11.8 Å². The van der Waals surface area contributed by atoms with E-state index in [2.05, 4.69) is 0 Å². The van der Waals surface area contributed by atoms with Crippen molar-refractivity contribution < 1.29 is 13.2 Å². The molecule has 7 heteroatoms. The zero-order chi connectivity index (χ0) is 16.0. The van der Waals surface area contributed by atoms with Crippen molar-refractivity contribution in [2.24, 2.45) is 11.7 Å². The second-order valence-electron chi connectivity index (χ2n) is 5.82. The van der Waals surface area contributed by atoms with Crippen LogP contribution in [-0.4, -0.2) is 54.4 Å². The number of thioether (sulfide) groups is 1. The standard InChI is InChI=1S/C14H28N2O3S2/c1-4-21(18,19)13-10-20-9-8-16(13)14(17)11(2)6-5-7-12(3)15/h11-13H,4-10,15H2,1-3H3. The van der Waals surface area contributed by atoms with Crippen LogP contribution in [-0.2, 0) is 14.6 Å². The molecule has 0 bridgehead atoms. The Labute approximate surface area is 132 Å². The zero-order valence-corrected chi connectivity index (χ0v) is 14.9. The summed E-state index contributed by atoms with van der Waals surface area (Å²) >= 11 is 1.61. The molecule has 1 saturated heterocycles. The number of amides is 1. The van der Waals surface area contributed by atoms with E-state index in [4.69, 9.17) is 5.73 Å². The van der Waals surface area contributed by atoms with Gasteiger partial charge in [-0.2, -0.15) is 11.8 Å². The number of hydrogen-bond donors (Lipinski definition) is 1. The van der Waals surface area contributed by atoms with Gasteiger partial charge < -0.3 is 10.6 Å². The van der Waals surface area contributed by atoms with Gasteiger partial charge in [0.25, 0.3) is 0 Å². The summed E-state index contributed by atoms with van der Waals surface area (Å²) in [5.74, 6) is 1.23. The second kappa shape index (κ2) is 8.39. The largest absolute Gasteiger partial charge is 0.328 e. The third-order valence-corrected chi connectivity index (χ3v) is 7.19. The number of nitrogens with two attached hydrogens (primary N) is 1. The maximum Gasteiger partial charge on any atom is 0.226 e. The maximum absolute atomic E-state index is 12.6. The Morgan fingerprint density at radius 1 is 1.38 bits per heavy atom. The highest BCUT2D eigenvalue weighted by molar-refractivity contribution is 8.01. The number of rotatable bonds is 7. The fraction of sp³-hybridized carbons (Fsp3) is 0.929. The van der Waals surface area contributed by atoms with E-state index < -0.39 is 15.2 Å². The van der Waals surface area contributed by atoms with E-state index in [0.29, 0.717) is 12.3 Å². The first-order valence-corrected chi connectivity index (χ1v) is 10.5. The number of carbonyl (C=O) groups excluding carboxylic acids is 1. The van der Waals surface area contributed by atoms with Crippen molar-refractivity contribution >= 4 is 27.5 Å². The average Bonchev–Trinajstić information content (AvgIpc) is 2.46. The molecule has 1 aliphatic heterocycles. The summed E-state index contributed by atoms with van der Waals surface area (Å²) in [5.41, 5.74) is 5.72. The van der Waals surface area contributed by atoms with E-state index in [-0.39, 0.29) is 23.6 Å². The van der Waals surface area contributed by atoms with Crippen LogP contribution in [0.2, 0.25) is 0 Å². The van der Waals surface area contributed by atoms with Crippen molar-refractivity contribution in [3.05, 3.63) is 0 Å². The highest BCUT2D eigenvalue weighted by Gasteiger charge is 2.37. The highest BCUT2D eigenvalue weighted by atomic mass is 32.2. The lowest BCUT2D eigenvalue weighted by Crippen LogP contribution is -2.52. The van der Waals surface area contributed by atoms with Gasteiger partial charge in [0.05, 0.1) is 0 Å². The Morgan fingerprint density at radius 3 is 2.62 bits per heavy atom. The molecular weight excluding hydrogens is 308 g/mol. The lowest BCUT2D eigenvalue weighted by Gasteiger charge is -2.36. The normalized spacial score (nSPS) is 22.9. The molecule has 0 aliphatic carbocycles. The van der Waals surface area contributed by atoms with Crippen molar-refractivity contribution in [1.82, 2.24) is 4.90 Å². The van der Waals surface area contributed by atoms with Crippen LogP contribution in [0.1, 0.15) is 40.0 Å². The van der Waals surface area contributed by atoms with Gasteiger partial charge in [0.15, 0.2) is 9.84 Å². The van der Waals surface area contributed by atoms with Gasteiger partial charge in [-0.3, -0.25) is 4.79 Å². The average molecular weight is 337 g/mol. The molecule has 0 saturated carbocycles. The van der Waals surface area contributed by atoms with E-state index in [1.165, 1.54) is 0 Å². The van der Waals surface area contributed by atoms with Crippen molar-refractivity contribution in [3.8, 4) is 0 Å². The van der Waals surface area contributed by atoms with Crippen LogP contribution in [0.3, 0.4) is 0 Å². The summed E-state index contributed by atoms with van der Waals surface area (Å²) in [4.78, 5) is 14.2. The first-order chi connectivity index (χ1) is 9.79. The molecule has 2 N–H and O–H groups in total. The SMILES string of the molecule is CCS(=O)(=O)C1CSCCN1C(=O)C(C)CCCC(C)N. The Kier molecular flexibility index (Phi) is 7.50. The molecule has 0 aromatic carbocycles. The molecule has 1 aliphatic rings. The van der Waals surface area contributed by atoms with Gasteiger partial charge in [0.2, 0.25) is 5.91 Å². The minimum Gasteiger partial charge on any atom is -0.328 e. The third kappa shape index (κ3) is 5.45. The van der Waals surface area contributed by atoms with Crippen molar-refractivity contribution in [2.45, 2.75) is 51.4 Å². The summed E-state index contributed by atoms with van der Waals surface area (Å²) in [6.45, 7) is 6.02. The van der Waals surface area contributed by atoms with Crippen LogP contribution in [0.4, 0.5) is 0 Å². The summed E-state index contributed by atoms with van der Waals surface area (Å²) < 4.78 is 24.3. The van der Waals surface area contributed by atoms with Gasteiger partial charge in [0.1, 0.15) is 5.37 Å². The molecule has 0 aromatic heterocycles. The number of hydrogen-bond acceptors (Lipinski definition) is 5. The molecule has 1 amide bonds. The van der Waals surface area contributed by atoms with Crippen LogP contribution in [0.25, 0.3) is 0 Å². The quantitative estimate of drug-likeness (QED) is 0.761. The van der Waals surface area contributed by atoms with Crippen molar-refractivity contribution in [3.63, 3.8) is 0 Å². The molecule has 1 rings (SSSR count). The van der Waals surface area contributed by atoms with E-state index in [0.717, 1.165) is 25.0 Å². The van der Waals surface area contributed by atoms with Gasteiger partial charge >= 0.3 is 0 Å². The van der Waals surface area contributed by atoms with Crippen LogP contribution < -0.4 is 5.73 Å². The summed E-state index contributed by atoms with van der Waals surface area (Å²) in [6.07, 6.45) is 2.56. The lowest BCUT2D eigenvalue weighted by molar-refractivity contribution is -0.135. The summed E-state index contributed by atoms with van der Waals surface area (Å²) in [5, 5.41) is -0.648. The minimum atomic E-state index is -3.22. The topological polar surface area (TPSA) is 80.5 Å². The van der Waals surface area contributed by atoms with Gasteiger partial charge in [-0.05, 0) is 19.8 Å². The van der Waals surface area contributed by atoms with Crippen molar-refractivity contribution in [2.75, 3.05) is 23.8 Å². The lowest BCUT2D eigenvalue weighted by atomic mass is 10.0. The first-order valence-electron chi connectivity index (χ1n) is 7.65. The molecule has 124 valence electrons. The van der Waals surface area contributed by atoms with Crippen LogP contribution in [0, 0.1) is 5.92 Å². The minimum absolute atomic E-state index is 0.0259. The highest BCUT2D eigenvalue weighted by Crippen LogP contribution is 2.24. The monoisotopic (exact) mass is 336 g/mol. The summed E-state index contributed by atoms with van der Waals surface area (Å²) in [7, 11) is -3.22.